The van der Waals surface area contributed by atoms with E-state index in [1.807, 2.05) is 48.8 Å². The normalized spacial score (nSPS) is 12.1. The van der Waals surface area contributed by atoms with Crippen LogP contribution in [0, 0.1) is 17.0 Å². The second-order valence-corrected chi connectivity index (χ2v) is 17.9. The van der Waals surface area contributed by atoms with Gasteiger partial charge < -0.3 is 24.8 Å². The number of ether oxygens (including phenoxy) is 1. The van der Waals surface area contributed by atoms with Crippen molar-refractivity contribution in [2.24, 2.45) is 5.73 Å². The average molecular weight is 691 g/mol. The summed E-state index contributed by atoms with van der Waals surface area (Å²) in [6.07, 6.45) is 4.22. The van der Waals surface area contributed by atoms with E-state index in [9.17, 15) is 19.7 Å². The van der Waals surface area contributed by atoms with Crippen LogP contribution in [0.3, 0.4) is 0 Å². The predicted molar refractivity (Wildman–Crippen MR) is 193 cm³/mol. The number of carbonyl (C=O) groups excluding carboxylic acids is 2. The van der Waals surface area contributed by atoms with Gasteiger partial charge in [-0.2, -0.15) is 5.10 Å². The molecular formula is C34H46N8O6Si. The number of nitrogens with zero attached hydrogens (tertiary/aromatic N) is 5. The Kier molecular flexibility index (Phi) is 11.6. The van der Waals surface area contributed by atoms with Gasteiger partial charge in [-0.25, -0.2) is 4.98 Å². The number of benzene rings is 2. The Hall–Kier alpha value is -5.02. The van der Waals surface area contributed by atoms with E-state index in [1.165, 1.54) is 6.07 Å². The molecule has 0 atom stereocenters. The second kappa shape index (κ2) is 15.5. The smallest absolute Gasteiger partial charge is 0.296 e. The van der Waals surface area contributed by atoms with Gasteiger partial charge in [0, 0.05) is 44.3 Å². The minimum Gasteiger partial charge on any atom is -0.491 e. The third-order valence-electron chi connectivity index (χ3n) is 8.54. The molecule has 15 heteroatoms. The molecule has 4 rings (SSSR count). The fourth-order valence-electron chi connectivity index (χ4n) is 4.88. The number of hydrogen-bond acceptors (Lipinski definition) is 9. The summed E-state index contributed by atoms with van der Waals surface area (Å²) >= 11 is 0. The van der Waals surface area contributed by atoms with Crippen LogP contribution in [-0.4, -0.2) is 64.1 Å². The van der Waals surface area contributed by atoms with Crippen LogP contribution in [-0.2, 0) is 17.5 Å². The van der Waals surface area contributed by atoms with Gasteiger partial charge in [-0.15, -0.1) is 0 Å². The molecule has 0 aliphatic heterocycles. The zero-order valence-electron chi connectivity index (χ0n) is 29.2. The number of aromatic nitrogens is 4. The van der Waals surface area contributed by atoms with Gasteiger partial charge in [0.05, 0.1) is 28.3 Å². The molecule has 2 aromatic carbocycles. The summed E-state index contributed by atoms with van der Waals surface area (Å²) < 4.78 is 15.7. The lowest BCUT2D eigenvalue weighted by Crippen LogP contribution is -2.41. The van der Waals surface area contributed by atoms with Crippen LogP contribution in [0.15, 0.2) is 54.6 Å². The summed E-state index contributed by atoms with van der Waals surface area (Å²) in [6.45, 7) is 16.4. The summed E-state index contributed by atoms with van der Waals surface area (Å²) in [6, 6.07) is 11.8. The fraction of sp³-hybridized carbons (Fsp3) is 0.412. The van der Waals surface area contributed by atoms with Crippen molar-refractivity contribution in [1.82, 2.24) is 19.3 Å². The van der Waals surface area contributed by atoms with Crippen LogP contribution in [0.2, 0.25) is 18.1 Å². The van der Waals surface area contributed by atoms with Crippen molar-refractivity contribution in [3.8, 4) is 5.75 Å². The average Bonchev–Trinajstić information content (AvgIpc) is 3.59. The van der Waals surface area contributed by atoms with E-state index in [4.69, 9.17) is 14.9 Å². The number of amides is 2. The van der Waals surface area contributed by atoms with Crippen molar-refractivity contribution in [2.75, 3.05) is 30.4 Å². The number of para-hydroxylation sites is 2. The lowest BCUT2D eigenvalue weighted by molar-refractivity contribution is -0.384. The maximum absolute atomic E-state index is 13.2. The van der Waals surface area contributed by atoms with Crippen molar-refractivity contribution >= 4 is 48.5 Å². The third-order valence-corrected chi connectivity index (χ3v) is 13.1. The fourth-order valence-corrected chi connectivity index (χ4v) is 5.97. The van der Waals surface area contributed by atoms with E-state index < -0.39 is 19.1 Å². The first kappa shape index (κ1) is 36.8. The van der Waals surface area contributed by atoms with E-state index in [1.54, 1.807) is 16.8 Å². The Bertz CT molecular complexity index is 1860. The summed E-state index contributed by atoms with van der Waals surface area (Å²) in [4.78, 5) is 41.3. The van der Waals surface area contributed by atoms with Crippen molar-refractivity contribution in [2.45, 2.75) is 72.3 Å². The first-order valence-electron chi connectivity index (χ1n) is 16.2. The first-order valence-corrected chi connectivity index (χ1v) is 19.1. The molecule has 262 valence electrons. The van der Waals surface area contributed by atoms with E-state index in [-0.39, 0.29) is 46.8 Å². The molecule has 2 heterocycles. The highest BCUT2D eigenvalue weighted by molar-refractivity contribution is 6.74. The third kappa shape index (κ3) is 8.91. The number of anilines is 2. The van der Waals surface area contributed by atoms with Gasteiger partial charge >= 0.3 is 0 Å². The highest BCUT2D eigenvalue weighted by atomic mass is 28.4. The highest BCUT2D eigenvalue weighted by Crippen LogP contribution is 2.38. The number of aryl methyl sites for hydroxylation is 2. The monoisotopic (exact) mass is 690 g/mol. The molecule has 4 N–H and O–H groups in total. The van der Waals surface area contributed by atoms with Gasteiger partial charge in [-0.3, -0.25) is 29.7 Å². The van der Waals surface area contributed by atoms with Crippen LogP contribution < -0.4 is 21.1 Å². The van der Waals surface area contributed by atoms with Crippen LogP contribution >= 0.6 is 0 Å². The summed E-state index contributed by atoms with van der Waals surface area (Å²) in [5, 5.41) is 22.5. The molecule has 4 aromatic rings. The van der Waals surface area contributed by atoms with E-state index in [0.29, 0.717) is 43.3 Å². The molecule has 49 heavy (non-hydrogen) atoms. The maximum Gasteiger partial charge on any atom is 0.296 e. The summed E-state index contributed by atoms with van der Waals surface area (Å²) in [5.41, 5.74) is 7.97. The van der Waals surface area contributed by atoms with Crippen LogP contribution in [0.25, 0.3) is 11.0 Å². The van der Waals surface area contributed by atoms with Crippen LogP contribution in [0.5, 0.6) is 5.75 Å². The SMILES string of the molecule is CCn1nc(C)cc1C(=O)Nc1nc2ccccc2n1C/C=C/CNc1c(OCCCO[Si](C)(C)C(C)(C)C)cc(C(N)=O)cc1[N+](=O)[O-]. The summed E-state index contributed by atoms with van der Waals surface area (Å²) in [5.74, 6) is -0.604. The molecule has 0 aliphatic rings. The number of nitrogens with one attached hydrogen (secondary N) is 2. The predicted octanol–water partition coefficient (Wildman–Crippen LogP) is 6.28. The summed E-state index contributed by atoms with van der Waals surface area (Å²) in [7, 11) is -1.94. The molecule has 0 radical (unpaired) electrons. The first-order chi connectivity index (χ1) is 23.1. The standard InChI is InChI=1S/C34H46N8O6Si/c1-8-41-28(20-23(2)39-41)32(44)38-33-37-25-14-9-10-15-26(25)40(33)17-12-11-16-36-30-27(42(45)46)21-24(31(35)43)22-29(30)47-18-13-19-48-49(6,7)34(3,4)5/h9-12,14-15,20-22,36H,8,13,16-19H2,1-7H3,(H2,35,43)(H,37,38,44)/b12-11+. The number of nitrogens with two attached hydrogens (primary N) is 1. The van der Waals surface area contributed by atoms with Crippen molar-refractivity contribution in [1.29, 1.82) is 0 Å². The van der Waals surface area contributed by atoms with Crippen LogP contribution in [0.4, 0.5) is 17.3 Å². The van der Waals surface area contributed by atoms with E-state index in [0.717, 1.165) is 17.3 Å². The van der Waals surface area contributed by atoms with E-state index in [2.05, 4.69) is 54.6 Å². The number of imidazole rings is 1. The molecule has 0 spiro atoms. The van der Waals surface area contributed by atoms with Gasteiger partial charge in [0.15, 0.2) is 14.0 Å². The molecule has 0 unspecified atom stereocenters. The Labute approximate surface area is 286 Å². The number of rotatable bonds is 16. The number of nitro groups is 1. The minimum atomic E-state index is -1.94. The Morgan fingerprint density at radius 2 is 1.86 bits per heavy atom. The number of fused-ring (bicyclic) bond motifs is 1. The lowest BCUT2D eigenvalue weighted by Gasteiger charge is -2.36. The Morgan fingerprint density at radius 1 is 1.12 bits per heavy atom. The van der Waals surface area contributed by atoms with Gasteiger partial charge in [-0.1, -0.05) is 45.1 Å². The minimum absolute atomic E-state index is 0.0287. The molecule has 0 bridgehead atoms. The molecule has 14 nitrogen and oxygen atoms in total. The van der Waals surface area contributed by atoms with Gasteiger partial charge in [0.1, 0.15) is 11.4 Å². The van der Waals surface area contributed by atoms with Crippen LogP contribution in [0.1, 0.15) is 60.7 Å². The maximum atomic E-state index is 13.2. The van der Waals surface area contributed by atoms with Crippen molar-refractivity contribution < 1.29 is 23.7 Å². The second-order valence-electron chi connectivity index (χ2n) is 13.1. The number of allylic oxidation sites excluding steroid dienone is 1. The zero-order valence-corrected chi connectivity index (χ0v) is 30.2. The zero-order chi connectivity index (χ0) is 35.9. The lowest BCUT2D eigenvalue weighted by atomic mass is 10.1. The van der Waals surface area contributed by atoms with Gasteiger partial charge in [0.2, 0.25) is 11.9 Å². The Balaban J connectivity index is 1.49. The van der Waals surface area contributed by atoms with E-state index >= 15 is 0 Å². The largest absolute Gasteiger partial charge is 0.491 e. The number of primary amides is 1. The number of carbonyl (C=O) groups is 2. The van der Waals surface area contributed by atoms with Gasteiger partial charge in [-0.05, 0) is 56.2 Å². The van der Waals surface area contributed by atoms with Crippen molar-refractivity contribution in [3.63, 3.8) is 0 Å². The molecule has 0 saturated carbocycles. The molecule has 2 aromatic heterocycles. The number of hydrogen-bond donors (Lipinski definition) is 3. The topological polar surface area (TPSA) is 181 Å². The Morgan fingerprint density at radius 3 is 2.53 bits per heavy atom. The molecule has 2 amide bonds. The van der Waals surface area contributed by atoms with Gasteiger partial charge in [0.25, 0.3) is 11.6 Å². The van der Waals surface area contributed by atoms with Crippen molar-refractivity contribution in [3.05, 3.63) is 81.7 Å². The molecule has 0 fully saturated rings. The molecular weight excluding hydrogens is 645 g/mol. The highest BCUT2D eigenvalue weighted by Gasteiger charge is 2.36. The number of nitro benzene ring substituents is 1. The quantitative estimate of drug-likeness (QED) is 0.0401. The molecule has 0 aliphatic carbocycles. The molecule has 0 saturated heterocycles.